The molecular formula is C14H23ClN2O. The SMILES string of the molecule is CCCN(Cc1ccccc1)C(=O)[C@@H](N)CC.Cl. The molecule has 0 fully saturated rings. The van der Waals surface area contributed by atoms with Crippen LogP contribution in [0.4, 0.5) is 0 Å². The van der Waals surface area contributed by atoms with Crippen LogP contribution in [0.5, 0.6) is 0 Å². The van der Waals surface area contributed by atoms with E-state index in [4.69, 9.17) is 5.73 Å². The zero-order chi connectivity index (χ0) is 12.7. The van der Waals surface area contributed by atoms with Gasteiger partial charge in [-0.3, -0.25) is 4.79 Å². The number of carbonyl (C=O) groups is 1. The fourth-order valence-electron chi connectivity index (χ4n) is 1.75. The van der Waals surface area contributed by atoms with E-state index in [0.717, 1.165) is 18.5 Å². The third-order valence-corrected chi connectivity index (χ3v) is 2.78. The molecule has 102 valence electrons. The molecule has 1 atom stereocenters. The van der Waals surface area contributed by atoms with Crippen LogP contribution in [0.25, 0.3) is 0 Å². The van der Waals surface area contributed by atoms with Gasteiger partial charge in [0.1, 0.15) is 0 Å². The van der Waals surface area contributed by atoms with Crippen molar-refractivity contribution in [2.45, 2.75) is 39.3 Å². The molecule has 0 aliphatic carbocycles. The monoisotopic (exact) mass is 270 g/mol. The van der Waals surface area contributed by atoms with E-state index < -0.39 is 0 Å². The van der Waals surface area contributed by atoms with Crippen LogP contribution in [-0.2, 0) is 11.3 Å². The van der Waals surface area contributed by atoms with E-state index in [-0.39, 0.29) is 24.4 Å². The third kappa shape index (κ3) is 5.07. The summed E-state index contributed by atoms with van der Waals surface area (Å²) in [7, 11) is 0. The zero-order valence-electron chi connectivity index (χ0n) is 11.1. The Balaban J connectivity index is 0.00000289. The minimum absolute atomic E-state index is 0. The maximum absolute atomic E-state index is 12.1. The number of nitrogens with two attached hydrogens (primary N) is 1. The Morgan fingerprint density at radius 1 is 1.28 bits per heavy atom. The lowest BCUT2D eigenvalue weighted by Crippen LogP contribution is -2.43. The van der Waals surface area contributed by atoms with Gasteiger partial charge in [-0.1, -0.05) is 44.2 Å². The van der Waals surface area contributed by atoms with E-state index in [1.165, 1.54) is 0 Å². The summed E-state index contributed by atoms with van der Waals surface area (Å²) in [6.07, 6.45) is 1.64. The zero-order valence-corrected chi connectivity index (χ0v) is 12.0. The highest BCUT2D eigenvalue weighted by Crippen LogP contribution is 2.07. The van der Waals surface area contributed by atoms with Crippen molar-refractivity contribution in [2.24, 2.45) is 5.73 Å². The molecule has 0 aromatic heterocycles. The molecule has 0 saturated carbocycles. The van der Waals surface area contributed by atoms with Crippen LogP contribution in [0.3, 0.4) is 0 Å². The van der Waals surface area contributed by atoms with Crippen molar-refractivity contribution in [2.75, 3.05) is 6.54 Å². The summed E-state index contributed by atoms with van der Waals surface area (Å²) in [5.74, 6) is 0.0539. The molecule has 0 saturated heterocycles. The van der Waals surface area contributed by atoms with Crippen LogP contribution in [0.1, 0.15) is 32.3 Å². The van der Waals surface area contributed by atoms with Crippen molar-refractivity contribution >= 4 is 18.3 Å². The van der Waals surface area contributed by atoms with Crippen LogP contribution in [0.15, 0.2) is 30.3 Å². The second-order valence-electron chi connectivity index (χ2n) is 4.26. The average molecular weight is 271 g/mol. The molecule has 1 aromatic rings. The molecule has 0 aliphatic rings. The predicted molar refractivity (Wildman–Crippen MR) is 77.7 cm³/mol. The number of amides is 1. The van der Waals surface area contributed by atoms with Crippen molar-refractivity contribution in [3.05, 3.63) is 35.9 Å². The molecule has 0 aliphatic heterocycles. The molecule has 0 heterocycles. The largest absolute Gasteiger partial charge is 0.337 e. The minimum Gasteiger partial charge on any atom is -0.337 e. The van der Waals surface area contributed by atoms with E-state index in [0.29, 0.717) is 13.0 Å². The van der Waals surface area contributed by atoms with Gasteiger partial charge in [-0.25, -0.2) is 0 Å². The average Bonchev–Trinajstić information content (AvgIpc) is 2.37. The van der Waals surface area contributed by atoms with Crippen molar-refractivity contribution < 1.29 is 4.79 Å². The summed E-state index contributed by atoms with van der Waals surface area (Å²) in [6.45, 7) is 5.43. The highest BCUT2D eigenvalue weighted by Gasteiger charge is 2.18. The number of carbonyl (C=O) groups excluding carboxylic acids is 1. The van der Waals surface area contributed by atoms with Crippen LogP contribution in [-0.4, -0.2) is 23.4 Å². The molecule has 4 heteroatoms. The maximum Gasteiger partial charge on any atom is 0.239 e. The maximum atomic E-state index is 12.1. The van der Waals surface area contributed by atoms with Gasteiger partial charge in [-0.05, 0) is 18.4 Å². The third-order valence-electron chi connectivity index (χ3n) is 2.78. The van der Waals surface area contributed by atoms with E-state index in [1.807, 2.05) is 42.2 Å². The Labute approximate surface area is 116 Å². The lowest BCUT2D eigenvalue weighted by molar-refractivity contribution is -0.133. The van der Waals surface area contributed by atoms with E-state index >= 15 is 0 Å². The first kappa shape index (κ1) is 16.9. The number of hydrogen-bond donors (Lipinski definition) is 1. The second-order valence-corrected chi connectivity index (χ2v) is 4.26. The summed E-state index contributed by atoms with van der Waals surface area (Å²) in [5, 5.41) is 0. The number of benzene rings is 1. The normalized spacial score (nSPS) is 11.5. The van der Waals surface area contributed by atoms with Gasteiger partial charge in [0.25, 0.3) is 0 Å². The fraction of sp³-hybridized carbons (Fsp3) is 0.500. The lowest BCUT2D eigenvalue weighted by atomic mass is 10.1. The fourth-order valence-corrected chi connectivity index (χ4v) is 1.75. The molecule has 3 nitrogen and oxygen atoms in total. The summed E-state index contributed by atoms with van der Waals surface area (Å²) in [4.78, 5) is 13.9. The van der Waals surface area contributed by atoms with Gasteiger partial charge in [-0.2, -0.15) is 0 Å². The molecule has 1 rings (SSSR count). The first-order valence-corrected chi connectivity index (χ1v) is 6.27. The molecule has 1 amide bonds. The Morgan fingerprint density at radius 3 is 2.39 bits per heavy atom. The molecule has 1 aromatic carbocycles. The molecule has 0 bridgehead atoms. The van der Waals surface area contributed by atoms with Gasteiger partial charge < -0.3 is 10.6 Å². The quantitative estimate of drug-likeness (QED) is 0.864. The van der Waals surface area contributed by atoms with Crippen LogP contribution in [0.2, 0.25) is 0 Å². The summed E-state index contributed by atoms with van der Waals surface area (Å²) < 4.78 is 0. The van der Waals surface area contributed by atoms with Crippen molar-refractivity contribution in [1.29, 1.82) is 0 Å². The van der Waals surface area contributed by atoms with E-state index in [2.05, 4.69) is 6.92 Å². The molecule has 18 heavy (non-hydrogen) atoms. The standard InChI is InChI=1S/C14H22N2O.ClH/c1-3-10-16(14(17)13(15)4-2)11-12-8-6-5-7-9-12;/h5-9,13H,3-4,10-11,15H2,1-2H3;1H/t13-;/m0./s1. The Kier molecular flexibility index (Phi) is 8.42. The summed E-state index contributed by atoms with van der Waals surface area (Å²) in [5.41, 5.74) is 6.96. The smallest absolute Gasteiger partial charge is 0.239 e. The van der Waals surface area contributed by atoms with Gasteiger partial charge in [0, 0.05) is 13.1 Å². The molecule has 0 radical (unpaired) electrons. The number of rotatable bonds is 6. The van der Waals surface area contributed by atoms with Gasteiger partial charge in [-0.15, -0.1) is 12.4 Å². The van der Waals surface area contributed by atoms with Crippen LogP contribution in [0, 0.1) is 0 Å². The van der Waals surface area contributed by atoms with E-state index in [9.17, 15) is 4.79 Å². The topological polar surface area (TPSA) is 46.3 Å². The highest BCUT2D eigenvalue weighted by atomic mass is 35.5. The highest BCUT2D eigenvalue weighted by molar-refractivity contribution is 5.85. The number of halogens is 1. The first-order chi connectivity index (χ1) is 8.19. The van der Waals surface area contributed by atoms with Gasteiger partial charge >= 0.3 is 0 Å². The van der Waals surface area contributed by atoms with Crippen LogP contribution >= 0.6 is 12.4 Å². The van der Waals surface area contributed by atoms with Crippen LogP contribution < -0.4 is 5.73 Å². The van der Waals surface area contributed by atoms with Gasteiger partial charge in [0.05, 0.1) is 6.04 Å². The molecule has 0 unspecified atom stereocenters. The summed E-state index contributed by atoms with van der Waals surface area (Å²) >= 11 is 0. The number of nitrogens with zero attached hydrogens (tertiary/aromatic N) is 1. The van der Waals surface area contributed by atoms with Crippen molar-refractivity contribution in [1.82, 2.24) is 4.90 Å². The minimum atomic E-state index is -0.370. The summed E-state index contributed by atoms with van der Waals surface area (Å²) in [6, 6.07) is 9.66. The lowest BCUT2D eigenvalue weighted by Gasteiger charge is -2.25. The first-order valence-electron chi connectivity index (χ1n) is 6.27. The second kappa shape index (κ2) is 8.95. The Morgan fingerprint density at radius 2 is 1.89 bits per heavy atom. The molecule has 0 spiro atoms. The van der Waals surface area contributed by atoms with Gasteiger partial charge in [0.15, 0.2) is 0 Å². The Bertz CT molecular complexity index is 343. The number of hydrogen-bond acceptors (Lipinski definition) is 2. The Hall–Kier alpha value is -1.06. The van der Waals surface area contributed by atoms with Gasteiger partial charge in [0.2, 0.25) is 5.91 Å². The molecule has 2 N–H and O–H groups in total. The van der Waals surface area contributed by atoms with Crippen molar-refractivity contribution in [3.63, 3.8) is 0 Å². The van der Waals surface area contributed by atoms with E-state index in [1.54, 1.807) is 0 Å². The van der Waals surface area contributed by atoms with Crippen molar-refractivity contribution in [3.8, 4) is 0 Å². The predicted octanol–water partition coefficient (Wildman–Crippen LogP) is 2.58. The molecular weight excluding hydrogens is 248 g/mol.